The fraction of sp³-hybridized carbons (Fsp3) is 0.250. The van der Waals surface area contributed by atoms with E-state index in [1.165, 1.54) is 4.88 Å². The smallest absolute Gasteiger partial charge is 0.219 e. The van der Waals surface area contributed by atoms with Crippen LogP contribution in [0.2, 0.25) is 0 Å². The van der Waals surface area contributed by atoms with Gasteiger partial charge in [0.25, 0.3) is 0 Å². The number of ether oxygens (including phenoxy) is 2. The monoisotopic (exact) mass is 397 g/mol. The number of aryl methyl sites for hydroxylation is 1. The summed E-state index contributed by atoms with van der Waals surface area (Å²) in [6.07, 6.45) is 3.65. The molecule has 7 nitrogen and oxygen atoms in total. The number of aliphatic imine (C=N–C) groups is 1. The van der Waals surface area contributed by atoms with Crippen LogP contribution in [-0.2, 0) is 13.1 Å². The van der Waals surface area contributed by atoms with Crippen LogP contribution >= 0.6 is 11.3 Å². The number of rotatable bonds is 7. The molecule has 2 heterocycles. The Morgan fingerprint density at radius 2 is 1.89 bits per heavy atom. The van der Waals surface area contributed by atoms with E-state index in [2.05, 4.69) is 25.6 Å². The summed E-state index contributed by atoms with van der Waals surface area (Å²) in [5.74, 6) is 2.66. The van der Waals surface area contributed by atoms with Crippen molar-refractivity contribution < 1.29 is 9.47 Å². The SMILES string of the molecule is CN=C(NCc1ccc(Oc2cccc(OC)c2)nc1)NCc1ncc(C)s1. The van der Waals surface area contributed by atoms with Gasteiger partial charge in [-0.2, -0.15) is 0 Å². The van der Waals surface area contributed by atoms with Gasteiger partial charge in [0.05, 0.1) is 13.7 Å². The number of thiazole rings is 1. The quantitative estimate of drug-likeness (QED) is 0.469. The molecular weight excluding hydrogens is 374 g/mol. The fourth-order valence-electron chi connectivity index (χ4n) is 2.41. The summed E-state index contributed by atoms with van der Waals surface area (Å²) in [6, 6.07) is 11.2. The molecule has 0 aliphatic rings. The Hall–Kier alpha value is -3.13. The molecular formula is C20H23N5O2S. The molecule has 0 unspecified atom stereocenters. The fourth-order valence-corrected chi connectivity index (χ4v) is 3.14. The van der Waals surface area contributed by atoms with Crippen molar-refractivity contribution in [2.24, 2.45) is 4.99 Å². The molecule has 0 saturated heterocycles. The number of hydrogen-bond acceptors (Lipinski definition) is 6. The van der Waals surface area contributed by atoms with Gasteiger partial charge in [-0.05, 0) is 24.6 Å². The summed E-state index contributed by atoms with van der Waals surface area (Å²) in [5.41, 5.74) is 1.02. The van der Waals surface area contributed by atoms with Crippen molar-refractivity contribution in [2.45, 2.75) is 20.0 Å². The number of nitrogens with one attached hydrogen (secondary N) is 2. The van der Waals surface area contributed by atoms with Crippen LogP contribution in [0.4, 0.5) is 0 Å². The number of guanidine groups is 1. The van der Waals surface area contributed by atoms with Gasteiger partial charge in [-0.15, -0.1) is 11.3 Å². The van der Waals surface area contributed by atoms with Crippen LogP contribution in [-0.4, -0.2) is 30.1 Å². The zero-order valence-electron chi connectivity index (χ0n) is 16.1. The van der Waals surface area contributed by atoms with E-state index < -0.39 is 0 Å². The molecule has 0 atom stereocenters. The Morgan fingerprint density at radius 3 is 2.57 bits per heavy atom. The van der Waals surface area contributed by atoms with Crippen LogP contribution in [0.1, 0.15) is 15.4 Å². The summed E-state index contributed by atoms with van der Waals surface area (Å²) in [6.45, 7) is 3.29. The first-order valence-electron chi connectivity index (χ1n) is 8.79. The van der Waals surface area contributed by atoms with E-state index in [1.54, 1.807) is 31.7 Å². The van der Waals surface area contributed by atoms with E-state index in [0.29, 0.717) is 30.7 Å². The first-order chi connectivity index (χ1) is 13.7. The van der Waals surface area contributed by atoms with Gasteiger partial charge >= 0.3 is 0 Å². The van der Waals surface area contributed by atoms with E-state index in [-0.39, 0.29) is 0 Å². The summed E-state index contributed by atoms with van der Waals surface area (Å²) in [4.78, 5) is 14.1. The predicted molar refractivity (Wildman–Crippen MR) is 111 cm³/mol. The van der Waals surface area contributed by atoms with Gasteiger partial charge in [-0.3, -0.25) is 4.99 Å². The maximum absolute atomic E-state index is 5.76. The molecule has 28 heavy (non-hydrogen) atoms. The number of nitrogens with zero attached hydrogens (tertiary/aromatic N) is 3. The lowest BCUT2D eigenvalue weighted by atomic mass is 10.3. The Balaban J connectivity index is 1.50. The third-order valence-electron chi connectivity index (χ3n) is 3.82. The standard InChI is InChI=1S/C20H23N5O2S/c1-14-10-23-19(28-14)13-25-20(21-2)24-12-15-7-8-18(22-11-15)27-17-6-4-5-16(9-17)26-3/h4-11H,12-13H2,1-3H3,(H2,21,24,25). The number of methoxy groups -OCH3 is 1. The largest absolute Gasteiger partial charge is 0.497 e. The second-order valence-electron chi connectivity index (χ2n) is 5.93. The molecule has 146 valence electrons. The highest BCUT2D eigenvalue weighted by molar-refractivity contribution is 7.11. The van der Waals surface area contributed by atoms with Crippen LogP contribution in [0.15, 0.2) is 53.8 Å². The van der Waals surface area contributed by atoms with Crippen molar-refractivity contribution in [3.63, 3.8) is 0 Å². The Kier molecular flexibility index (Phi) is 6.80. The molecule has 3 rings (SSSR count). The molecule has 1 aromatic carbocycles. The molecule has 2 N–H and O–H groups in total. The molecule has 8 heteroatoms. The molecule has 0 saturated carbocycles. The molecule has 0 aliphatic heterocycles. The van der Waals surface area contributed by atoms with E-state index in [4.69, 9.17) is 9.47 Å². The van der Waals surface area contributed by atoms with Crippen LogP contribution in [0, 0.1) is 6.92 Å². The topological polar surface area (TPSA) is 80.7 Å². The molecule has 0 bridgehead atoms. The van der Waals surface area contributed by atoms with Gasteiger partial charge in [0.1, 0.15) is 16.5 Å². The third kappa shape index (κ3) is 5.68. The first-order valence-corrected chi connectivity index (χ1v) is 9.60. The minimum absolute atomic E-state index is 0.527. The van der Waals surface area contributed by atoms with Crippen molar-refractivity contribution in [3.05, 3.63) is 64.2 Å². The van der Waals surface area contributed by atoms with E-state index in [0.717, 1.165) is 16.3 Å². The lowest BCUT2D eigenvalue weighted by Gasteiger charge is -2.11. The average molecular weight is 398 g/mol. The zero-order valence-corrected chi connectivity index (χ0v) is 16.9. The molecule has 3 aromatic rings. The highest BCUT2D eigenvalue weighted by Crippen LogP contribution is 2.23. The minimum Gasteiger partial charge on any atom is -0.497 e. The first kappa shape index (κ1) is 19.6. The number of hydrogen-bond donors (Lipinski definition) is 2. The number of aromatic nitrogens is 2. The highest BCUT2D eigenvalue weighted by Gasteiger charge is 2.04. The second-order valence-corrected chi connectivity index (χ2v) is 7.25. The van der Waals surface area contributed by atoms with Crippen LogP contribution in [0.25, 0.3) is 0 Å². The Labute approximate surface area is 168 Å². The predicted octanol–water partition coefficient (Wildman–Crippen LogP) is 3.51. The van der Waals surface area contributed by atoms with Crippen LogP contribution < -0.4 is 20.1 Å². The summed E-state index contributed by atoms with van der Waals surface area (Å²) >= 11 is 1.67. The number of benzene rings is 1. The van der Waals surface area contributed by atoms with Gasteiger partial charge in [-0.25, -0.2) is 9.97 Å². The van der Waals surface area contributed by atoms with Crippen molar-refractivity contribution >= 4 is 17.3 Å². The Morgan fingerprint density at radius 1 is 1.07 bits per heavy atom. The molecule has 0 aliphatic carbocycles. The summed E-state index contributed by atoms with van der Waals surface area (Å²) < 4.78 is 11.0. The normalized spacial score (nSPS) is 11.2. The summed E-state index contributed by atoms with van der Waals surface area (Å²) in [5, 5.41) is 7.55. The van der Waals surface area contributed by atoms with Crippen LogP contribution in [0.3, 0.4) is 0 Å². The number of pyridine rings is 1. The van der Waals surface area contributed by atoms with Gasteiger partial charge in [0, 0.05) is 43.0 Å². The summed E-state index contributed by atoms with van der Waals surface area (Å²) in [7, 11) is 3.37. The van der Waals surface area contributed by atoms with Crippen molar-refractivity contribution in [2.75, 3.05) is 14.2 Å². The molecule has 0 spiro atoms. The van der Waals surface area contributed by atoms with E-state index in [1.807, 2.05) is 49.5 Å². The molecule has 0 amide bonds. The lowest BCUT2D eigenvalue weighted by molar-refractivity contribution is 0.407. The molecule has 0 radical (unpaired) electrons. The highest BCUT2D eigenvalue weighted by atomic mass is 32.1. The third-order valence-corrected chi connectivity index (χ3v) is 4.73. The minimum atomic E-state index is 0.527. The van der Waals surface area contributed by atoms with Crippen molar-refractivity contribution in [3.8, 4) is 17.4 Å². The van der Waals surface area contributed by atoms with Gasteiger partial charge in [0.2, 0.25) is 5.88 Å². The lowest BCUT2D eigenvalue weighted by Crippen LogP contribution is -2.36. The average Bonchev–Trinajstić information content (AvgIpc) is 3.14. The molecule has 0 fully saturated rings. The second kappa shape index (κ2) is 9.70. The van der Waals surface area contributed by atoms with E-state index in [9.17, 15) is 0 Å². The van der Waals surface area contributed by atoms with Crippen LogP contribution in [0.5, 0.6) is 17.4 Å². The van der Waals surface area contributed by atoms with Gasteiger partial charge in [0.15, 0.2) is 5.96 Å². The Bertz CT molecular complexity index is 924. The van der Waals surface area contributed by atoms with Crippen molar-refractivity contribution in [1.82, 2.24) is 20.6 Å². The maximum atomic E-state index is 5.76. The maximum Gasteiger partial charge on any atom is 0.219 e. The van der Waals surface area contributed by atoms with Crippen molar-refractivity contribution in [1.29, 1.82) is 0 Å². The molecule has 2 aromatic heterocycles. The van der Waals surface area contributed by atoms with E-state index >= 15 is 0 Å². The van der Waals surface area contributed by atoms with Gasteiger partial charge < -0.3 is 20.1 Å². The zero-order chi connectivity index (χ0) is 19.8. The van der Waals surface area contributed by atoms with Gasteiger partial charge in [-0.1, -0.05) is 12.1 Å².